The Labute approximate surface area is 114 Å². The van der Waals surface area contributed by atoms with Crippen LogP contribution in [0.25, 0.3) is 0 Å². The van der Waals surface area contributed by atoms with Gasteiger partial charge in [0, 0.05) is 0 Å². The molecule has 0 unspecified atom stereocenters. The van der Waals surface area contributed by atoms with Gasteiger partial charge in [-0.1, -0.05) is 5.16 Å². The van der Waals surface area contributed by atoms with Crippen molar-refractivity contribution in [3.05, 3.63) is 35.2 Å². The molecule has 2 aromatic rings. The van der Waals surface area contributed by atoms with E-state index in [0.29, 0.717) is 17.0 Å². The maximum absolute atomic E-state index is 11.6. The standard InChI is InChI=1S/C12H12N4O4/c1-7-11(16-20-15-7)12(18)14-13-6-8-3-4-10(19-2)9(17)5-8/h3-6,17H,1-2H3,(H,14,18). The second-order valence-corrected chi connectivity index (χ2v) is 3.83. The number of carbonyl (C=O) groups excluding carboxylic acids is 1. The summed E-state index contributed by atoms with van der Waals surface area (Å²) in [6, 6.07) is 4.72. The van der Waals surface area contributed by atoms with Gasteiger partial charge in [0.2, 0.25) is 0 Å². The van der Waals surface area contributed by atoms with Crippen molar-refractivity contribution in [1.29, 1.82) is 0 Å². The number of nitrogens with one attached hydrogen (secondary N) is 1. The van der Waals surface area contributed by atoms with Gasteiger partial charge in [0.05, 0.1) is 13.3 Å². The minimum absolute atomic E-state index is 0.0145. The summed E-state index contributed by atoms with van der Waals surface area (Å²) < 4.78 is 9.33. The van der Waals surface area contributed by atoms with Crippen LogP contribution in [0.5, 0.6) is 11.5 Å². The molecule has 0 spiro atoms. The summed E-state index contributed by atoms with van der Waals surface area (Å²) in [5.41, 5.74) is 3.32. The number of hydrogen-bond donors (Lipinski definition) is 2. The van der Waals surface area contributed by atoms with Crippen LogP contribution < -0.4 is 10.2 Å². The van der Waals surface area contributed by atoms with Crippen molar-refractivity contribution in [3.8, 4) is 11.5 Å². The molecule has 8 heteroatoms. The maximum atomic E-state index is 11.6. The summed E-state index contributed by atoms with van der Waals surface area (Å²) in [4.78, 5) is 11.6. The molecule has 0 saturated carbocycles. The van der Waals surface area contributed by atoms with E-state index in [-0.39, 0.29) is 11.4 Å². The van der Waals surface area contributed by atoms with Crippen LogP contribution in [0.1, 0.15) is 21.7 Å². The topological polar surface area (TPSA) is 110 Å². The predicted molar refractivity (Wildman–Crippen MR) is 68.8 cm³/mol. The molecule has 104 valence electrons. The Bertz CT molecular complexity index is 651. The third-order valence-corrected chi connectivity index (χ3v) is 2.45. The van der Waals surface area contributed by atoms with Crippen LogP contribution in [0.3, 0.4) is 0 Å². The first-order chi connectivity index (χ1) is 9.61. The molecule has 1 aromatic heterocycles. The quantitative estimate of drug-likeness (QED) is 0.633. The zero-order valence-corrected chi connectivity index (χ0v) is 10.8. The highest BCUT2D eigenvalue weighted by Gasteiger charge is 2.13. The summed E-state index contributed by atoms with van der Waals surface area (Å²) in [5.74, 6) is -0.187. The van der Waals surface area contributed by atoms with Crippen LogP contribution in [0, 0.1) is 6.92 Å². The average molecular weight is 276 g/mol. The van der Waals surface area contributed by atoms with Gasteiger partial charge in [-0.15, -0.1) is 0 Å². The fourth-order valence-corrected chi connectivity index (χ4v) is 1.44. The molecule has 0 fully saturated rings. The van der Waals surface area contributed by atoms with E-state index < -0.39 is 5.91 Å². The number of hydrogen-bond acceptors (Lipinski definition) is 7. The SMILES string of the molecule is COc1ccc(C=NNC(=O)c2nonc2C)cc1O. The highest BCUT2D eigenvalue weighted by Crippen LogP contribution is 2.25. The Hall–Kier alpha value is -2.90. The van der Waals surface area contributed by atoms with Crippen LogP contribution in [-0.4, -0.2) is 34.7 Å². The number of methoxy groups -OCH3 is 1. The molecule has 0 bridgehead atoms. The highest BCUT2D eigenvalue weighted by molar-refractivity contribution is 5.93. The van der Waals surface area contributed by atoms with Gasteiger partial charge in [-0.3, -0.25) is 4.79 Å². The molecule has 8 nitrogen and oxygen atoms in total. The van der Waals surface area contributed by atoms with Crippen LogP contribution in [-0.2, 0) is 0 Å². The molecule has 2 rings (SSSR count). The second-order valence-electron chi connectivity index (χ2n) is 3.83. The predicted octanol–water partition coefficient (Wildman–Crippen LogP) is 0.856. The number of aromatic nitrogens is 2. The lowest BCUT2D eigenvalue weighted by atomic mass is 10.2. The van der Waals surface area contributed by atoms with Gasteiger partial charge in [0.1, 0.15) is 5.69 Å². The lowest BCUT2D eigenvalue weighted by Gasteiger charge is -2.02. The Morgan fingerprint density at radius 3 is 2.90 bits per heavy atom. The van der Waals surface area contributed by atoms with Gasteiger partial charge in [-0.25, -0.2) is 10.1 Å². The van der Waals surface area contributed by atoms with E-state index in [1.165, 1.54) is 19.4 Å². The summed E-state index contributed by atoms with van der Waals surface area (Å²) in [6.07, 6.45) is 1.37. The van der Waals surface area contributed by atoms with Crippen molar-refractivity contribution in [2.75, 3.05) is 7.11 Å². The Balaban J connectivity index is 2.02. The molecule has 0 aliphatic rings. The van der Waals surface area contributed by atoms with E-state index >= 15 is 0 Å². The van der Waals surface area contributed by atoms with Crippen LogP contribution >= 0.6 is 0 Å². The van der Waals surface area contributed by atoms with Crippen molar-refractivity contribution in [2.45, 2.75) is 6.92 Å². The molecule has 1 aromatic carbocycles. The van der Waals surface area contributed by atoms with Crippen LogP contribution in [0.4, 0.5) is 0 Å². The number of rotatable bonds is 4. The molecule has 0 aliphatic carbocycles. The third-order valence-electron chi connectivity index (χ3n) is 2.45. The first kappa shape index (κ1) is 13.5. The number of aryl methyl sites for hydroxylation is 1. The number of phenols is 1. The van der Waals surface area contributed by atoms with E-state index in [2.05, 4.69) is 25.5 Å². The van der Waals surface area contributed by atoms with E-state index in [0.717, 1.165) is 0 Å². The Morgan fingerprint density at radius 1 is 1.50 bits per heavy atom. The molecular weight excluding hydrogens is 264 g/mol. The molecule has 0 atom stereocenters. The van der Waals surface area contributed by atoms with E-state index in [1.54, 1.807) is 19.1 Å². The second kappa shape index (κ2) is 5.83. The molecule has 1 heterocycles. The normalized spacial score (nSPS) is 10.7. The van der Waals surface area contributed by atoms with E-state index in [9.17, 15) is 9.90 Å². The summed E-state index contributed by atoms with van der Waals surface area (Å²) in [5, 5.41) is 20.3. The van der Waals surface area contributed by atoms with Gasteiger partial charge < -0.3 is 9.84 Å². The van der Waals surface area contributed by atoms with Gasteiger partial charge in [-0.05, 0) is 35.8 Å². The molecule has 0 saturated heterocycles. The van der Waals surface area contributed by atoms with Gasteiger partial charge in [-0.2, -0.15) is 5.10 Å². The number of nitrogens with zero attached hydrogens (tertiary/aromatic N) is 3. The fourth-order valence-electron chi connectivity index (χ4n) is 1.44. The van der Waals surface area contributed by atoms with Gasteiger partial charge >= 0.3 is 0 Å². The third kappa shape index (κ3) is 2.91. The van der Waals surface area contributed by atoms with Crippen LogP contribution in [0.15, 0.2) is 27.9 Å². The smallest absolute Gasteiger partial charge is 0.295 e. The Kier molecular flexibility index (Phi) is 3.94. The van der Waals surface area contributed by atoms with Crippen molar-refractivity contribution in [3.63, 3.8) is 0 Å². The van der Waals surface area contributed by atoms with E-state index in [4.69, 9.17) is 4.74 Å². The summed E-state index contributed by atoms with van der Waals surface area (Å²) in [6.45, 7) is 1.59. The van der Waals surface area contributed by atoms with Crippen molar-refractivity contribution >= 4 is 12.1 Å². The first-order valence-electron chi connectivity index (χ1n) is 5.61. The lowest BCUT2D eigenvalue weighted by Crippen LogP contribution is -2.19. The number of benzene rings is 1. The Morgan fingerprint density at radius 2 is 2.30 bits per heavy atom. The molecular formula is C12H12N4O4. The molecule has 0 radical (unpaired) electrons. The molecule has 20 heavy (non-hydrogen) atoms. The molecule has 0 aliphatic heterocycles. The minimum Gasteiger partial charge on any atom is -0.504 e. The van der Waals surface area contributed by atoms with Crippen molar-refractivity contribution < 1.29 is 19.3 Å². The van der Waals surface area contributed by atoms with Crippen LogP contribution in [0.2, 0.25) is 0 Å². The van der Waals surface area contributed by atoms with E-state index in [1.807, 2.05) is 0 Å². The fraction of sp³-hybridized carbons (Fsp3) is 0.167. The maximum Gasteiger partial charge on any atom is 0.295 e. The number of phenolic OH excluding ortho intramolecular Hbond substituents is 1. The number of hydrazone groups is 1. The zero-order valence-electron chi connectivity index (χ0n) is 10.8. The average Bonchev–Trinajstić information content (AvgIpc) is 2.85. The highest BCUT2D eigenvalue weighted by atomic mass is 16.6. The van der Waals surface area contributed by atoms with Crippen molar-refractivity contribution in [1.82, 2.24) is 15.7 Å². The number of ether oxygens (including phenoxy) is 1. The number of aromatic hydroxyl groups is 1. The minimum atomic E-state index is -0.530. The van der Waals surface area contributed by atoms with Gasteiger partial charge in [0.15, 0.2) is 17.2 Å². The monoisotopic (exact) mass is 276 g/mol. The number of amides is 1. The molecule has 2 N–H and O–H groups in total. The van der Waals surface area contributed by atoms with Crippen molar-refractivity contribution in [2.24, 2.45) is 5.10 Å². The number of carbonyl (C=O) groups is 1. The zero-order chi connectivity index (χ0) is 14.5. The largest absolute Gasteiger partial charge is 0.504 e. The summed E-state index contributed by atoms with van der Waals surface area (Å²) in [7, 11) is 1.46. The summed E-state index contributed by atoms with van der Waals surface area (Å²) >= 11 is 0. The first-order valence-corrected chi connectivity index (χ1v) is 5.61. The lowest BCUT2D eigenvalue weighted by molar-refractivity contribution is 0.0945. The molecule has 1 amide bonds. The van der Waals surface area contributed by atoms with Gasteiger partial charge in [0.25, 0.3) is 5.91 Å².